The summed E-state index contributed by atoms with van der Waals surface area (Å²) in [6.07, 6.45) is 6.58. The monoisotopic (exact) mass is 262 g/mol. The summed E-state index contributed by atoms with van der Waals surface area (Å²) in [5.74, 6) is 0. The van der Waals surface area contributed by atoms with Gasteiger partial charge in [-0.05, 0) is 30.6 Å². The van der Waals surface area contributed by atoms with Crippen molar-refractivity contribution in [3.63, 3.8) is 0 Å². The molecule has 0 saturated heterocycles. The van der Waals surface area contributed by atoms with Crippen LogP contribution in [0.25, 0.3) is 0 Å². The van der Waals surface area contributed by atoms with E-state index in [9.17, 15) is 0 Å². The highest BCUT2D eigenvalue weighted by atomic mass is 32.1. The second-order valence-electron chi connectivity index (χ2n) is 5.13. The third-order valence-electron chi connectivity index (χ3n) is 3.54. The topological polar surface area (TPSA) is 15.3 Å². The van der Waals surface area contributed by atoms with E-state index < -0.39 is 0 Å². The van der Waals surface area contributed by atoms with Crippen LogP contribution in [0.5, 0.6) is 0 Å². The number of nitrogens with zero attached hydrogens (tertiary/aromatic N) is 1. The molecule has 0 bridgehead atoms. The van der Waals surface area contributed by atoms with Crippen molar-refractivity contribution >= 4 is 17.3 Å². The summed E-state index contributed by atoms with van der Waals surface area (Å²) < 4.78 is 0. The van der Waals surface area contributed by atoms with Gasteiger partial charge < -0.3 is 10.2 Å². The van der Waals surface area contributed by atoms with Gasteiger partial charge in [-0.25, -0.2) is 0 Å². The van der Waals surface area contributed by atoms with Crippen LogP contribution >= 0.6 is 12.2 Å². The van der Waals surface area contributed by atoms with Gasteiger partial charge in [-0.1, -0.05) is 49.6 Å². The molecule has 1 aliphatic rings. The van der Waals surface area contributed by atoms with E-state index in [1.54, 1.807) is 0 Å². The quantitative estimate of drug-likeness (QED) is 0.841. The van der Waals surface area contributed by atoms with Crippen molar-refractivity contribution in [2.45, 2.75) is 44.7 Å². The van der Waals surface area contributed by atoms with Crippen LogP contribution in [-0.4, -0.2) is 23.1 Å². The first-order valence-corrected chi connectivity index (χ1v) is 7.22. The van der Waals surface area contributed by atoms with Crippen molar-refractivity contribution in [3.8, 4) is 0 Å². The normalized spacial score (nSPS) is 16.3. The minimum absolute atomic E-state index is 0.587. The lowest BCUT2D eigenvalue weighted by molar-refractivity contribution is 0.392. The molecule has 0 radical (unpaired) electrons. The lowest BCUT2D eigenvalue weighted by atomic mass is 9.96. The highest BCUT2D eigenvalue weighted by molar-refractivity contribution is 7.80. The average molecular weight is 262 g/mol. The summed E-state index contributed by atoms with van der Waals surface area (Å²) in [7, 11) is 2.06. The van der Waals surface area contributed by atoms with Gasteiger partial charge in [0.25, 0.3) is 0 Å². The van der Waals surface area contributed by atoms with Gasteiger partial charge in [0.2, 0.25) is 0 Å². The predicted octanol–water partition coefficient (Wildman–Crippen LogP) is 3.33. The van der Waals surface area contributed by atoms with E-state index in [4.69, 9.17) is 12.2 Å². The molecule has 1 fully saturated rings. The maximum atomic E-state index is 5.47. The summed E-state index contributed by atoms with van der Waals surface area (Å²) >= 11 is 5.47. The molecular formula is C15H22N2S. The zero-order valence-electron chi connectivity index (χ0n) is 11.1. The SMILES string of the molecule is CN(Cc1ccccc1)C(=S)NC1CCCCC1. The van der Waals surface area contributed by atoms with Crippen LogP contribution in [0, 0.1) is 0 Å². The molecule has 3 heteroatoms. The zero-order chi connectivity index (χ0) is 12.8. The third kappa shape index (κ3) is 3.98. The van der Waals surface area contributed by atoms with Gasteiger partial charge in [-0.3, -0.25) is 0 Å². The number of benzene rings is 1. The number of nitrogens with one attached hydrogen (secondary N) is 1. The van der Waals surface area contributed by atoms with Crippen LogP contribution in [0.2, 0.25) is 0 Å². The summed E-state index contributed by atoms with van der Waals surface area (Å²) in [6.45, 7) is 0.874. The Bertz CT molecular complexity index is 371. The molecule has 0 spiro atoms. The molecule has 0 aliphatic heterocycles. The largest absolute Gasteiger partial charge is 0.360 e. The van der Waals surface area contributed by atoms with Gasteiger partial charge in [0.05, 0.1) is 0 Å². The van der Waals surface area contributed by atoms with Crippen LogP contribution in [0.1, 0.15) is 37.7 Å². The maximum absolute atomic E-state index is 5.47. The first-order valence-electron chi connectivity index (χ1n) is 6.81. The van der Waals surface area contributed by atoms with Crippen molar-refractivity contribution in [3.05, 3.63) is 35.9 Å². The van der Waals surface area contributed by atoms with E-state index in [-0.39, 0.29) is 0 Å². The van der Waals surface area contributed by atoms with Crippen LogP contribution < -0.4 is 5.32 Å². The molecule has 1 aliphatic carbocycles. The molecule has 0 unspecified atom stereocenters. The smallest absolute Gasteiger partial charge is 0.169 e. The van der Waals surface area contributed by atoms with Crippen LogP contribution in [0.3, 0.4) is 0 Å². The van der Waals surface area contributed by atoms with Gasteiger partial charge in [0.1, 0.15) is 0 Å². The Morgan fingerprint density at radius 2 is 1.89 bits per heavy atom. The molecule has 18 heavy (non-hydrogen) atoms. The fourth-order valence-corrected chi connectivity index (χ4v) is 2.69. The summed E-state index contributed by atoms with van der Waals surface area (Å²) in [6, 6.07) is 11.0. The van der Waals surface area contributed by atoms with Crippen molar-refractivity contribution in [1.29, 1.82) is 0 Å². The van der Waals surface area contributed by atoms with E-state index in [1.165, 1.54) is 37.7 Å². The minimum Gasteiger partial charge on any atom is -0.360 e. The van der Waals surface area contributed by atoms with Crippen LogP contribution in [0.15, 0.2) is 30.3 Å². The summed E-state index contributed by atoms with van der Waals surface area (Å²) in [5.41, 5.74) is 1.30. The Balaban J connectivity index is 1.81. The standard InChI is InChI=1S/C15H22N2S/c1-17(12-13-8-4-2-5-9-13)15(18)16-14-10-6-3-7-11-14/h2,4-5,8-9,14H,3,6-7,10-12H2,1H3,(H,16,18). The Morgan fingerprint density at radius 1 is 1.22 bits per heavy atom. The molecule has 2 nitrogen and oxygen atoms in total. The zero-order valence-corrected chi connectivity index (χ0v) is 11.9. The van der Waals surface area contributed by atoms with Crippen LogP contribution in [0.4, 0.5) is 0 Å². The molecule has 1 aromatic rings. The molecule has 2 rings (SSSR count). The second-order valence-corrected chi connectivity index (χ2v) is 5.51. The first-order chi connectivity index (χ1) is 8.75. The van der Waals surface area contributed by atoms with E-state index in [2.05, 4.69) is 41.5 Å². The molecular weight excluding hydrogens is 240 g/mol. The molecule has 1 aromatic carbocycles. The number of hydrogen-bond donors (Lipinski definition) is 1. The van der Waals surface area contributed by atoms with Gasteiger partial charge in [0.15, 0.2) is 5.11 Å². The molecule has 1 saturated carbocycles. The second kappa shape index (κ2) is 6.74. The lowest BCUT2D eigenvalue weighted by Crippen LogP contribution is -2.43. The van der Waals surface area contributed by atoms with E-state index in [0.717, 1.165) is 11.7 Å². The van der Waals surface area contributed by atoms with Gasteiger partial charge in [-0.2, -0.15) is 0 Å². The fraction of sp³-hybridized carbons (Fsp3) is 0.533. The van der Waals surface area contributed by atoms with Gasteiger partial charge >= 0.3 is 0 Å². The van der Waals surface area contributed by atoms with E-state index in [1.807, 2.05) is 6.07 Å². The minimum atomic E-state index is 0.587. The van der Waals surface area contributed by atoms with Crippen molar-refractivity contribution in [2.75, 3.05) is 7.05 Å². The molecule has 98 valence electrons. The highest BCUT2D eigenvalue weighted by Gasteiger charge is 2.15. The third-order valence-corrected chi connectivity index (χ3v) is 3.97. The van der Waals surface area contributed by atoms with Crippen molar-refractivity contribution in [1.82, 2.24) is 10.2 Å². The van der Waals surface area contributed by atoms with Crippen LogP contribution in [-0.2, 0) is 6.54 Å². The molecule has 1 N–H and O–H groups in total. The van der Waals surface area contributed by atoms with Crippen molar-refractivity contribution in [2.24, 2.45) is 0 Å². The Morgan fingerprint density at radius 3 is 2.56 bits per heavy atom. The Kier molecular flexibility index (Phi) is 5.00. The van der Waals surface area contributed by atoms with Gasteiger partial charge in [0, 0.05) is 19.6 Å². The molecule has 0 atom stereocenters. The molecule has 0 aromatic heterocycles. The fourth-order valence-electron chi connectivity index (χ4n) is 2.46. The number of thiocarbonyl (C=S) groups is 1. The average Bonchev–Trinajstić information content (AvgIpc) is 2.41. The van der Waals surface area contributed by atoms with Gasteiger partial charge in [-0.15, -0.1) is 0 Å². The predicted molar refractivity (Wildman–Crippen MR) is 80.5 cm³/mol. The Hall–Kier alpha value is -1.09. The summed E-state index contributed by atoms with van der Waals surface area (Å²) in [5, 5.41) is 4.38. The van der Waals surface area contributed by atoms with E-state index in [0.29, 0.717) is 6.04 Å². The lowest BCUT2D eigenvalue weighted by Gasteiger charge is -2.28. The van der Waals surface area contributed by atoms with E-state index >= 15 is 0 Å². The first kappa shape index (κ1) is 13.3. The Labute approximate surface area is 115 Å². The number of rotatable bonds is 3. The molecule has 0 amide bonds. The van der Waals surface area contributed by atoms with Crippen molar-refractivity contribution < 1.29 is 0 Å². The maximum Gasteiger partial charge on any atom is 0.169 e. The number of hydrogen-bond acceptors (Lipinski definition) is 1. The summed E-state index contributed by atoms with van der Waals surface area (Å²) in [4.78, 5) is 2.12. The molecule has 0 heterocycles. The highest BCUT2D eigenvalue weighted by Crippen LogP contribution is 2.17.